The SMILES string of the molecule is O=[N+]([O-])c1cc(F)cc(CNCCC2CCCCC2)c1. The van der Waals surface area contributed by atoms with Crippen molar-refractivity contribution in [2.24, 2.45) is 5.92 Å². The second-order valence-corrected chi connectivity index (χ2v) is 5.54. The lowest BCUT2D eigenvalue weighted by Crippen LogP contribution is -2.19. The van der Waals surface area contributed by atoms with Gasteiger partial charge in [0.05, 0.1) is 11.0 Å². The van der Waals surface area contributed by atoms with Crippen LogP contribution in [0.2, 0.25) is 0 Å². The largest absolute Gasteiger partial charge is 0.313 e. The topological polar surface area (TPSA) is 55.2 Å². The molecular weight excluding hydrogens is 259 g/mol. The highest BCUT2D eigenvalue weighted by Gasteiger charge is 2.13. The Kier molecular flexibility index (Phi) is 5.47. The van der Waals surface area contributed by atoms with Crippen LogP contribution in [0.25, 0.3) is 0 Å². The molecule has 1 saturated carbocycles. The van der Waals surface area contributed by atoms with E-state index in [4.69, 9.17) is 0 Å². The van der Waals surface area contributed by atoms with Crippen LogP contribution in [-0.4, -0.2) is 11.5 Å². The summed E-state index contributed by atoms with van der Waals surface area (Å²) in [6.45, 7) is 1.36. The minimum atomic E-state index is -0.561. The Morgan fingerprint density at radius 2 is 2.00 bits per heavy atom. The van der Waals surface area contributed by atoms with Crippen LogP contribution in [0.15, 0.2) is 18.2 Å². The molecule has 5 heteroatoms. The standard InChI is InChI=1S/C15H21FN2O2/c16-14-8-13(9-15(10-14)18(19)20)11-17-7-6-12-4-2-1-3-5-12/h8-10,12,17H,1-7,11H2. The average molecular weight is 280 g/mol. The number of halogens is 1. The molecule has 0 aromatic heterocycles. The maximum Gasteiger partial charge on any atom is 0.272 e. The Hall–Kier alpha value is -1.49. The predicted molar refractivity (Wildman–Crippen MR) is 76.0 cm³/mol. The van der Waals surface area contributed by atoms with Gasteiger partial charge in [-0.3, -0.25) is 10.1 Å². The third-order valence-electron chi connectivity index (χ3n) is 3.94. The molecule has 0 saturated heterocycles. The molecule has 1 aliphatic rings. The van der Waals surface area contributed by atoms with Gasteiger partial charge in [-0.1, -0.05) is 32.1 Å². The summed E-state index contributed by atoms with van der Waals surface area (Å²) in [5.74, 6) is 0.251. The molecule has 0 amide bonds. The molecule has 1 aromatic carbocycles. The predicted octanol–water partition coefficient (Wildman–Crippen LogP) is 3.79. The minimum absolute atomic E-state index is 0.186. The Balaban J connectivity index is 1.77. The molecule has 1 N–H and O–H groups in total. The van der Waals surface area contributed by atoms with E-state index >= 15 is 0 Å². The highest BCUT2D eigenvalue weighted by Crippen LogP contribution is 2.25. The van der Waals surface area contributed by atoms with Crippen LogP contribution < -0.4 is 5.32 Å². The summed E-state index contributed by atoms with van der Waals surface area (Å²) in [4.78, 5) is 10.1. The van der Waals surface area contributed by atoms with E-state index in [1.54, 1.807) is 0 Å². The number of benzene rings is 1. The van der Waals surface area contributed by atoms with Crippen LogP contribution >= 0.6 is 0 Å². The number of nitro benzene ring substituents is 1. The Bertz CT molecular complexity index is 459. The summed E-state index contributed by atoms with van der Waals surface area (Å²) < 4.78 is 13.3. The van der Waals surface area contributed by atoms with E-state index in [1.165, 1.54) is 44.2 Å². The first-order valence-corrected chi connectivity index (χ1v) is 7.30. The lowest BCUT2D eigenvalue weighted by molar-refractivity contribution is -0.385. The zero-order chi connectivity index (χ0) is 14.4. The van der Waals surface area contributed by atoms with Gasteiger partial charge >= 0.3 is 0 Å². The molecule has 110 valence electrons. The quantitative estimate of drug-likeness (QED) is 0.490. The van der Waals surface area contributed by atoms with Gasteiger partial charge in [0.2, 0.25) is 0 Å². The number of hydrogen-bond acceptors (Lipinski definition) is 3. The van der Waals surface area contributed by atoms with Gasteiger partial charge in [0, 0.05) is 12.6 Å². The van der Waals surface area contributed by atoms with E-state index < -0.39 is 10.7 Å². The van der Waals surface area contributed by atoms with Crippen LogP contribution in [0.3, 0.4) is 0 Å². The maximum absolute atomic E-state index is 13.3. The Morgan fingerprint density at radius 3 is 2.70 bits per heavy atom. The molecule has 1 aliphatic carbocycles. The lowest BCUT2D eigenvalue weighted by atomic mass is 9.87. The van der Waals surface area contributed by atoms with Crippen LogP contribution in [0, 0.1) is 21.8 Å². The molecule has 20 heavy (non-hydrogen) atoms. The molecule has 1 fully saturated rings. The molecule has 4 nitrogen and oxygen atoms in total. The lowest BCUT2D eigenvalue weighted by Gasteiger charge is -2.21. The van der Waals surface area contributed by atoms with Gasteiger partial charge in [0.25, 0.3) is 5.69 Å². The summed E-state index contributed by atoms with van der Waals surface area (Å²) in [6, 6.07) is 3.73. The molecule has 0 atom stereocenters. The van der Waals surface area contributed by atoms with E-state index in [1.807, 2.05) is 0 Å². The molecule has 0 spiro atoms. The van der Waals surface area contributed by atoms with Crippen molar-refractivity contribution >= 4 is 5.69 Å². The minimum Gasteiger partial charge on any atom is -0.313 e. The zero-order valence-corrected chi connectivity index (χ0v) is 11.6. The third-order valence-corrected chi connectivity index (χ3v) is 3.94. The fourth-order valence-electron chi connectivity index (χ4n) is 2.86. The van der Waals surface area contributed by atoms with Crippen LogP contribution in [0.1, 0.15) is 44.1 Å². The fourth-order valence-corrected chi connectivity index (χ4v) is 2.86. The molecular formula is C15H21FN2O2. The van der Waals surface area contributed by atoms with Crippen molar-refractivity contribution in [2.45, 2.75) is 45.1 Å². The van der Waals surface area contributed by atoms with E-state index in [-0.39, 0.29) is 5.69 Å². The highest BCUT2D eigenvalue weighted by molar-refractivity contribution is 5.35. The molecule has 0 radical (unpaired) electrons. The number of rotatable bonds is 6. The van der Waals surface area contributed by atoms with Gasteiger partial charge in [0.1, 0.15) is 5.82 Å². The second-order valence-electron chi connectivity index (χ2n) is 5.54. The van der Waals surface area contributed by atoms with E-state index in [0.29, 0.717) is 12.1 Å². The van der Waals surface area contributed by atoms with Gasteiger partial charge in [0.15, 0.2) is 0 Å². The highest BCUT2D eigenvalue weighted by atomic mass is 19.1. The van der Waals surface area contributed by atoms with E-state index in [2.05, 4.69) is 5.32 Å². The number of nitrogens with one attached hydrogen (secondary N) is 1. The van der Waals surface area contributed by atoms with Crippen molar-refractivity contribution in [1.82, 2.24) is 5.32 Å². The third kappa shape index (κ3) is 4.56. The summed E-state index contributed by atoms with van der Waals surface area (Å²) in [5, 5.41) is 13.9. The van der Waals surface area contributed by atoms with E-state index in [0.717, 1.165) is 24.9 Å². The summed E-state index contributed by atoms with van der Waals surface area (Å²) in [5.41, 5.74) is 0.439. The summed E-state index contributed by atoms with van der Waals surface area (Å²) in [6.07, 6.45) is 7.79. The molecule has 0 aliphatic heterocycles. The normalized spacial score (nSPS) is 16.2. The number of nitro groups is 1. The summed E-state index contributed by atoms with van der Waals surface area (Å²) >= 11 is 0. The Labute approximate surface area is 118 Å². The first kappa shape index (κ1) is 14.9. The van der Waals surface area contributed by atoms with Gasteiger partial charge in [-0.25, -0.2) is 4.39 Å². The van der Waals surface area contributed by atoms with Crippen LogP contribution in [-0.2, 0) is 6.54 Å². The maximum atomic E-state index is 13.3. The summed E-state index contributed by atoms with van der Waals surface area (Å²) in [7, 11) is 0. The number of nitrogens with zero attached hydrogens (tertiary/aromatic N) is 1. The van der Waals surface area contributed by atoms with Crippen molar-refractivity contribution in [1.29, 1.82) is 0 Å². The van der Waals surface area contributed by atoms with Gasteiger partial charge in [-0.2, -0.15) is 0 Å². The van der Waals surface area contributed by atoms with Crippen molar-refractivity contribution < 1.29 is 9.31 Å². The van der Waals surface area contributed by atoms with Crippen LogP contribution in [0.5, 0.6) is 0 Å². The van der Waals surface area contributed by atoms with Crippen LogP contribution in [0.4, 0.5) is 10.1 Å². The molecule has 0 bridgehead atoms. The number of hydrogen-bond donors (Lipinski definition) is 1. The Morgan fingerprint density at radius 1 is 1.25 bits per heavy atom. The van der Waals surface area contributed by atoms with Gasteiger partial charge < -0.3 is 5.32 Å². The number of non-ortho nitro benzene ring substituents is 1. The molecule has 0 heterocycles. The first-order chi connectivity index (χ1) is 9.65. The average Bonchev–Trinajstić information content (AvgIpc) is 2.44. The van der Waals surface area contributed by atoms with Crippen molar-refractivity contribution in [2.75, 3.05) is 6.54 Å². The fraction of sp³-hybridized carbons (Fsp3) is 0.600. The van der Waals surface area contributed by atoms with Crippen molar-refractivity contribution in [3.05, 3.63) is 39.7 Å². The monoisotopic (exact) mass is 280 g/mol. The van der Waals surface area contributed by atoms with Gasteiger partial charge in [-0.15, -0.1) is 0 Å². The molecule has 2 rings (SSSR count). The van der Waals surface area contributed by atoms with Crippen molar-refractivity contribution in [3.8, 4) is 0 Å². The van der Waals surface area contributed by atoms with E-state index in [9.17, 15) is 14.5 Å². The smallest absolute Gasteiger partial charge is 0.272 e. The molecule has 0 unspecified atom stereocenters. The second kappa shape index (κ2) is 7.33. The van der Waals surface area contributed by atoms with Crippen molar-refractivity contribution in [3.63, 3.8) is 0 Å². The zero-order valence-electron chi connectivity index (χ0n) is 11.6. The first-order valence-electron chi connectivity index (χ1n) is 7.30. The van der Waals surface area contributed by atoms with Gasteiger partial charge in [-0.05, 0) is 30.5 Å². The molecule has 1 aromatic rings.